The summed E-state index contributed by atoms with van der Waals surface area (Å²) in [7, 11) is -3.69. The summed E-state index contributed by atoms with van der Waals surface area (Å²) in [6.45, 7) is 7.45. The molecule has 1 N–H and O–H groups in total. The van der Waals surface area contributed by atoms with Gasteiger partial charge in [0.2, 0.25) is 15.9 Å². The Bertz CT molecular complexity index is 1260. The van der Waals surface area contributed by atoms with Gasteiger partial charge in [-0.1, -0.05) is 30.4 Å². The summed E-state index contributed by atoms with van der Waals surface area (Å²) >= 11 is 1.12. The van der Waals surface area contributed by atoms with Gasteiger partial charge in [-0.2, -0.15) is 0 Å². The molecule has 3 aromatic rings. The van der Waals surface area contributed by atoms with E-state index in [1.165, 1.54) is 0 Å². The van der Waals surface area contributed by atoms with Gasteiger partial charge in [-0.15, -0.1) is 0 Å². The maximum absolute atomic E-state index is 12.9. The lowest BCUT2D eigenvalue weighted by Crippen LogP contribution is -2.45. The third-order valence-corrected chi connectivity index (χ3v) is 7.24. The fourth-order valence-electron chi connectivity index (χ4n) is 3.54. The molecule has 0 unspecified atom stereocenters. The van der Waals surface area contributed by atoms with Gasteiger partial charge < -0.3 is 5.32 Å². The van der Waals surface area contributed by atoms with Crippen molar-refractivity contribution >= 4 is 48.9 Å². The Kier molecular flexibility index (Phi) is 6.56. The number of thiazole rings is 1. The van der Waals surface area contributed by atoms with Gasteiger partial charge in [0.05, 0.1) is 22.2 Å². The van der Waals surface area contributed by atoms with Gasteiger partial charge in [-0.25, -0.2) is 8.42 Å². The molecule has 0 bridgehead atoms. The molecular weight excluding hydrogens is 434 g/mol. The number of nitrogens with zero attached hydrogens (tertiary/aromatic N) is 2. The van der Waals surface area contributed by atoms with Crippen molar-refractivity contribution in [2.24, 2.45) is 0 Å². The maximum Gasteiger partial charge on any atom is 0.308 e. The number of fused-ring (bicyclic) bond motifs is 1. The molecule has 1 amide bonds. The molecule has 0 saturated carbocycles. The molecule has 31 heavy (non-hydrogen) atoms. The Hall–Kier alpha value is -2.65. The summed E-state index contributed by atoms with van der Waals surface area (Å²) < 4.78 is 28.5. The predicted octanol–water partition coefficient (Wildman–Crippen LogP) is 4.00. The molecule has 7 nitrogen and oxygen atoms in total. The molecule has 0 radical (unpaired) electrons. The normalized spacial score (nSPS) is 12.8. The minimum atomic E-state index is -3.69. The first kappa shape index (κ1) is 23.0. The highest BCUT2D eigenvalue weighted by Crippen LogP contribution is 2.26. The average molecular weight is 462 g/mol. The molecule has 0 aliphatic carbocycles. The number of hydrogen-bond acceptors (Lipinski definition) is 5. The second-order valence-corrected chi connectivity index (χ2v) is 10.6. The Labute approximate surface area is 186 Å². The molecule has 1 aromatic heterocycles. The van der Waals surface area contributed by atoms with Gasteiger partial charge in [0.25, 0.3) is 0 Å². The van der Waals surface area contributed by atoms with E-state index in [0.717, 1.165) is 44.1 Å². The number of anilines is 2. The smallest absolute Gasteiger partial charge is 0.308 e. The van der Waals surface area contributed by atoms with Crippen LogP contribution >= 0.6 is 11.3 Å². The Morgan fingerprint density at radius 3 is 2.32 bits per heavy atom. The van der Waals surface area contributed by atoms with Crippen molar-refractivity contribution in [3.63, 3.8) is 0 Å². The molecule has 0 fully saturated rings. The minimum Gasteiger partial charge on any atom is -0.324 e. The van der Waals surface area contributed by atoms with E-state index in [1.807, 2.05) is 32.9 Å². The number of rotatable bonds is 7. The molecule has 166 valence electrons. The van der Waals surface area contributed by atoms with Gasteiger partial charge in [0, 0.05) is 11.7 Å². The lowest BCUT2D eigenvalue weighted by molar-refractivity contribution is -0.116. The second kappa shape index (κ2) is 8.84. The van der Waals surface area contributed by atoms with Crippen LogP contribution in [0.5, 0.6) is 0 Å². The molecule has 0 aliphatic rings. The quantitative estimate of drug-likeness (QED) is 0.576. The molecule has 1 atom stereocenters. The zero-order valence-electron chi connectivity index (χ0n) is 18.2. The number of benzene rings is 2. The summed E-state index contributed by atoms with van der Waals surface area (Å²) in [4.78, 5) is 25.1. The number of hydrogen-bond donors (Lipinski definition) is 1. The zero-order valence-corrected chi connectivity index (χ0v) is 19.9. The molecule has 9 heteroatoms. The number of aryl methyl sites for hydroxylation is 1. The van der Waals surface area contributed by atoms with Crippen LogP contribution in [0.2, 0.25) is 0 Å². The molecule has 3 rings (SSSR count). The maximum atomic E-state index is 12.9. The van der Waals surface area contributed by atoms with Crippen molar-refractivity contribution in [3.8, 4) is 0 Å². The van der Waals surface area contributed by atoms with Crippen LogP contribution in [-0.4, -0.2) is 31.2 Å². The highest BCUT2D eigenvalue weighted by molar-refractivity contribution is 7.92. The first-order valence-corrected chi connectivity index (χ1v) is 12.7. The first-order chi connectivity index (χ1) is 14.5. The van der Waals surface area contributed by atoms with E-state index in [9.17, 15) is 18.0 Å². The largest absolute Gasteiger partial charge is 0.324 e. The topological polar surface area (TPSA) is 88.5 Å². The summed E-state index contributed by atoms with van der Waals surface area (Å²) in [5, 5.41) is 2.79. The Morgan fingerprint density at radius 2 is 1.77 bits per heavy atom. The average Bonchev–Trinajstić information content (AvgIpc) is 3.02. The van der Waals surface area contributed by atoms with Crippen molar-refractivity contribution in [3.05, 3.63) is 57.7 Å². The van der Waals surface area contributed by atoms with Crippen LogP contribution in [0.25, 0.3) is 10.2 Å². The third kappa shape index (κ3) is 4.83. The van der Waals surface area contributed by atoms with Crippen LogP contribution in [0.3, 0.4) is 0 Å². The number of carbonyl (C=O) groups excluding carboxylic acids is 1. The van der Waals surface area contributed by atoms with E-state index < -0.39 is 22.0 Å². The summed E-state index contributed by atoms with van der Waals surface area (Å²) in [5.74, 6) is -0.458. The van der Waals surface area contributed by atoms with Crippen LogP contribution in [0.1, 0.15) is 39.3 Å². The van der Waals surface area contributed by atoms with Gasteiger partial charge >= 0.3 is 4.87 Å². The summed E-state index contributed by atoms with van der Waals surface area (Å²) in [5.41, 5.74) is 2.83. The van der Waals surface area contributed by atoms with E-state index in [2.05, 4.69) is 5.32 Å². The van der Waals surface area contributed by atoms with Crippen molar-refractivity contribution in [2.75, 3.05) is 15.9 Å². The first-order valence-electron chi connectivity index (χ1n) is 10.1. The Morgan fingerprint density at radius 1 is 1.13 bits per heavy atom. The molecule has 1 heterocycles. The van der Waals surface area contributed by atoms with Crippen molar-refractivity contribution in [1.82, 2.24) is 4.57 Å². The Balaban J connectivity index is 1.89. The van der Waals surface area contributed by atoms with Crippen molar-refractivity contribution in [1.29, 1.82) is 0 Å². The van der Waals surface area contributed by atoms with Crippen LogP contribution in [0.15, 0.2) is 47.3 Å². The number of amides is 1. The third-order valence-electron chi connectivity index (χ3n) is 5.08. The van der Waals surface area contributed by atoms with E-state index >= 15 is 0 Å². The molecule has 0 spiro atoms. The van der Waals surface area contributed by atoms with E-state index in [0.29, 0.717) is 11.4 Å². The highest BCUT2D eigenvalue weighted by Gasteiger charge is 2.29. The van der Waals surface area contributed by atoms with Crippen LogP contribution in [-0.2, 0) is 21.2 Å². The standard InChI is InChI=1S/C22H27N3O4S2/c1-6-16-7-10-18(11-8-16)25(31(5,28)29)15(4)21(26)23-17-9-12-19-20(13-17)30-22(27)24(19)14(2)3/h7-15H,6H2,1-5H3,(H,23,26)/t15-/m0/s1. The van der Waals surface area contributed by atoms with Crippen molar-refractivity contribution in [2.45, 2.75) is 46.2 Å². The van der Waals surface area contributed by atoms with Gasteiger partial charge in [-0.3, -0.25) is 18.5 Å². The minimum absolute atomic E-state index is 0.0316. The molecular formula is C22H27N3O4S2. The summed E-state index contributed by atoms with van der Waals surface area (Å²) in [6, 6.07) is 11.5. The van der Waals surface area contributed by atoms with Crippen LogP contribution < -0.4 is 14.5 Å². The van der Waals surface area contributed by atoms with Gasteiger partial charge in [-0.05, 0) is 63.1 Å². The number of carbonyl (C=O) groups is 1. The lowest BCUT2D eigenvalue weighted by Gasteiger charge is -2.28. The van der Waals surface area contributed by atoms with Gasteiger partial charge in [0.1, 0.15) is 6.04 Å². The second-order valence-electron chi connectivity index (χ2n) is 7.76. The fraction of sp³-hybridized carbons (Fsp3) is 0.364. The lowest BCUT2D eigenvalue weighted by atomic mass is 10.1. The van der Waals surface area contributed by atoms with E-state index in [4.69, 9.17) is 0 Å². The molecule has 0 aliphatic heterocycles. The zero-order chi connectivity index (χ0) is 22.9. The van der Waals surface area contributed by atoms with E-state index in [-0.39, 0.29) is 10.9 Å². The van der Waals surface area contributed by atoms with E-state index in [1.54, 1.807) is 41.8 Å². The van der Waals surface area contributed by atoms with Crippen LogP contribution in [0, 0.1) is 0 Å². The fourth-order valence-corrected chi connectivity index (χ4v) is 5.76. The number of sulfonamides is 1. The SMILES string of the molecule is CCc1ccc(N([C@@H](C)C(=O)Nc2ccc3c(c2)sc(=O)n3C(C)C)S(C)(=O)=O)cc1. The monoisotopic (exact) mass is 461 g/mol. The van der Waals surface area contributed by atoms with Crippen LogP contribution in [0.4, 0.5) is 11.4 Å². The van der Waals surface area contributed by atoms with Crippen molar-refractivity contribution < 1.29 is 13.2 Å². The van der Waals surface area contributed by atoms with Gasteiger partial charge in [0.15, 0.2) is 0 Å². The number of aromatic nitrogens is 1. The highest BCUT2D eigenvalue weighted by atomic mass is 32.2. The molecule has 2 aromatic carbocycles. The predicted molar refractivity (Wildman–Crippen MR) is 128 cm³/mol. The number of nitrogens with one attached hydrogen (secondary N) is 1. The summed E-state index contributed by atoms with van der Waals surface area (Å²) in [6.07, 6.45) is 1.92. The molecule has 0 saturated heterocycles.